The Balaban J connectivity index is 1.98. The van der Waals surface area contributed by atoms with E-state index in [1.165, 1.54) is 18.3 Å². The lowest BCUT2D eigenvalue weighted by Gasteiger charge is -2.37. The van der Waals surface area contributed by atoms with Gasteiger partial charge in [0.1, 0.15) is 0 Å². The van der Waals surface area contributed by atoms with Gasteiger partial charge in [-0.3, -0.25) is 9.69 Å². The number of amides is 1. The smallest absolute Gasteiger partial charge is 0.255 e. The molecule has 9 heteroatoms. The van der Waals surface area contributed by atoms with Crippen LogP contribution in [0.25, 0.3) is 0 Å². The monoisotopic (exact) mass is 370 g/mol. The number of hydrogen-bond acceptors (Lipinski definition) is 6. The van der Waals surface area contributed by atoms with Crippen LogP contribution in [0.15, 0.2) is 23.4 Å². The predicted octanol–water partition coefficient (Wildman–Crippen LogP) is 0.159. The molecule has 2 rings (SSSR count). The number of nitrogens with two attached hydrogens (primary N) is 1. The normalized spacial score (nSPS) is 16.6. The molecule has 25 heavy (non-hydrogen) atoms. The standard InChI is InChI=1S/C16H26N4O4S/c1-16(2,12-20-6-8-24-9-7-20)11-19(3)15(21)13-4-5-14(18-10-13)25(17,22)23/h4-5,10H,6-9,11-12H2,1-3H3,(H2,17,22,23). The van der Waals surface area contributed by atoms with Gasteiger partial charge in [-0.05, 0) is 17.5 Å². The summed E-state index contributed by atoms with van der Waals surface area (Å²) in [6.45, 7) is 8.97. The van der Waals surface area contributed by atoms with Gasteiger partial charge in [-0.25, -0.2) is 18.5 Å². The van der Waals surface area contributed by atoms with Gasteiger partial charge in [-0.15, -0.1) is 0 Å². The summed E-state index contributed by atoms with van der Waals surface area (Å²) in [5.41, 5.74) is 0.243. The lowest BCUT2D eigenvalue weighted by Crippen LogP contribution is -2.46. The van der Waals surface area contributed by atoms with Crippen LogP contribution in [0.2, 0.25) is 0 Å². The first-order chi connectivity index (χ1) is 11.6. The van der Waals surface area contributed by atoms with Gasteiger partial charge in [0.05, 0.1) is 18.8 Å². The van der Waals surface area contributed by atoms with Crippen molar-refractivity contribution in [3.05, 3.63) is 23.9 Å². The maximum absolute atomic E-state index is 12.5. The van der Waals surface area contributed by atoms with Crippen LogP contribution in [-0.2, 0) is 14.8 Å². The van der Waals surface area contributed by atoms with E-state index in [-0.39, 0.29) is 16.3 Å². The molecule has 1 saturated heterocycles. The summed E-state index contributed by atoms with van der Waals surface area (Å²) >= 11 is 0. The number of carbonyl (C=O) groups excluding carboxylic acids is 1. The van der Waals surface area contributed by atoms with Crippen LogP contribution < -0.4 is 5.14 Å². The first-order valence-electron chi connectivity index (χ1n) is 8.13. The number of morpholine rings is 1. The van der Waals surface area contributed by atoms with Crippen molar-refractivity contribution < 1.29 is 17.9 Å². The van der Waals surface area contributed by atoms with Crippen LogP contribution in [-0.4, -0.2) is 75.5 Å². The number of ether oxygens (including phenoxy) is 1. The molecule has 0 unspecified atom stereocenters. The minimum atomic E-state index is -3.86. The summed E-state index contributed by atoms with van der Waals surface area (Å²) < 4.78 is 27.8. The van der Waals surface area contributed by atoms with Gasteiger partial charge in [0.2, 0.25) is 0 Å². The van der Waals surface area contributed by atoms with Crippen molar-refractivity contribution in [2.75, 3.05) is 46.4 Å². The first-order valence-corrected chi connectivity index (χ1v) is 9.67. The van der Waals surface area contributed by atoms with Gasteiger partial charge in [0.25, 0.3) is 15.9 Å². The Labute approximate surface area is 149 Å². The van der Waals surface area contributed by atoms with Crippen LogP contribution in [0.1, 0.15) is 24.2 Å². The van der Waals surface area contributed by atoms with E-state index in [2.05, 4.69) is 23.7 Å². The van der Waals surface area contributed by atoms with Crippen LogP contribution >= 0.6 is 0 Å². The molecule has 1 aromatic rings. The molecule has 0 bridgehead atoms. The lowest BCUT2D eigenvalue weighted by atomic mass is 9.91. The largest absolute Gasteiger partial charge is 0.379 e. The van der Waals surface area contributed by atoms with Gasteiger partial charge in [0.15, 0.2) is 5.03 Å². The van der Waals surface area contributed by atoms with E-state index in [0.717, 1.165) is 32.8 Å². The number of rotatable bonds is 6. The Kier molecular flexibility index (Phi) is 6.15. The van der Waals surface area contributed by atoms with E-state index in [9.17, 15) is 13.2 Å². The third-order valence-electron chi connectivity index (χ3n) is 4.04. The lowest BCUT2D eigenvalue weighted by molar-refractivity contribution is 0.0163. The van der Waals surface area contributed by atoms with E-state index >= 15 is 0 Å². The molecular formula is C16H26N4O4S. The van der Waals surface area contributed by atoms with Gasteiger partial charge in [0, 0.05) is 39.4 Å². The molecule has 0 spiro atoms. The van der Waals surface area contributed by atoms with Crippen molar-refractivity contribution in [1.82, 2.24) is 14.8 Å². The number of primary sulfonamides is 1. The molecule has 1 fully saturated rings. The van der Waals surface area contributed by atoms with E-state index in [4.69, 9.17) is 9.88 Å². The fourth-order valence-corrected chi connectivity index (χ4v) is 3.48. The van der Waals surface area contributed by atoms with Gasteiger partial charge in [-0.1, -0.05) is 13.8 Å². The zero-order valence-electron chi connectivity index (χ0n) is 14.9. The third-order valence-corrected chi connectivity index (χ3v) is 4.87. The van der Waals surface area contributed by atoms with Crippen LogP contribution in [0.3, 0.4) is 0 Å². The third kappa shape index (κ3) is 5.74. The average Bonchev–Trinajstić information content (AvgIpc) is 2.53. The summed E-state index contributed by atoms with van der Waals surface area (Å²) in [6.07, 6.45) is 1.24. The molecule has 2 heterocycles. The maximum Gasteiger partial charge on any atom is 0.255 e. The fraction of sp³-hybridized carbons (Fsp3) is 0.625. The topological polar surface area (TPSA) is 106 Å². The SMILES string of the molecule is CN(CC(C)(C)CN1CCOCC1)C(=O)c1ccc(S(N)(=O)=O)nc1. The van der Waals surface area contributed by atoms with Crippen LogP contribution in [0.5, 0.6) is 0 Å². The van der Waals surface area contributed by atoms with Crippen molar-refractivity contribution in [3.63, 3.8) is 0 Å². The Bertz CT molecular complexity index is 697. The number of pyridine rings is 1. The molecular weight excluding hydrogens is 344 g/mol. The average molecular weight is 370 g/mol. The maximum atomic E-state index is 12.5. The molecule has 0 aromatic carbocycles. The highest BCUT2D eigenvalue weighted by Crippen LogP contribution is 2.20. The van der Waals surface area contributed by atoms with Crippen molar-refractivity contribution in [1.29, 1.82) is 0 Å². The molecule has 0 atom stereocenters. The summed E-state index contributed by atoms with van der Waals surface area (Å²) in [4.78, 5) is 20.3. The second-order valence-corrected chi connectivity index (χ2v) is 8.65. The second-order valence-electron chi connectivity index (χ2n) is 7.14. The molecule has 8 nitrogen and oxygen atoms in total. The van der Waals surface area contributed by atoms with Crippen LogP contribution in [0.4, 0.5) is 0 Å². The predicted molar refractivity (Wildman–Crippen MR) is 93.6 cm³/mol. The summed E-state index contributed by atoms with van der Waals surface area (Å²) in [5.74, 6) is -0.205. The highest BCUT2D eigenvalue weighted by Gasteiger charge is 2.27. The molecule has 0 saturated carbocycles. The van der Waals surface area contributed by atoms with Gasteiger partial charge < -0.3 is 9.64 Å². The minimum Gasteiger partial charge on any atom is -0.379 e. The van der Waals surface area contributed by atoms with E-state index in [1.54, 1.807) is 11.9 Å². The number of nitrogens with zero attached hydrogens (tertiary/aromatic N) is 3. The highest BCUT2D eigenvalue weighted by atomic mass is 32.2. The van der Waals surface area contributed by atoms with Crippen molar-refractivity contribution in [2.24, 2.45) is 10.6 Å². The Morgan fingerprint density at radius 3 is 2.52 bits per heavy atom. The van der Waals surface area contributed by atoms with Crippen molar-refractivity contribution >= 4 is 15.9 Å². The molecule has 1 aliphatic rings. The second kappa shape index (κ2) is 7.77. The zero-order chi connectivity index (χ0) is 18.7. The molecule has 1 aliphatic heterocycles. The molecule has 0 aliphatic carbocycles. The van der Waals surface area contributed by atoms with E-state index in [0.29, 0.717) is 12.1 Å². The number of aromatic nitrogens is 1. The summed E-state index contributed by atoms with van der Waals surface area (Å²) in [5, 5.41) is 4.77. The van der Waals surface area contributed by atoms with Gasteiger partial charge in [-0.2, -0.15) is 0 Å². The van der Waals surface area contributed by atoms with Crippen molar-refractivity contribution in [3.8, 4) is 0 Å². The summed E-state index contributed by atoms with van der Waals surface area (Å²) in [6, 6.07) is 2.68. The minimum absolute atomic E-state index is 0.0876. The fourth-order valence-electron chi connectivity index (χ4n) is 3.02. The Morgan fingerprint density at radius 1 is 1.36 bits per heavy atom. The molecule has 1 amide bonds. The quantitative estimate of drug-likeness (QED) is 0.765. The molecule has 1 aromatic heterocycles. The highest BCUT2D eigenvalue weighted by molar-refractivity contribution is 7.89. The summed E-state index contributed by atoms with van der Waals surface area (Å²) in [7, 11) is -2.13. The molecule has 2 N–H and O–H groups in total. The number of sulfonamides is 1. The number of carbonyl (C=O) groups is 1. The van der Waals surface area contributed by atoms with E-state index < -0.39 is 10.0 Å². The first kappa shape index (κ1) is 19.8. The van der Waals surface area contributed by atoms with E-state index in [1.807, 2.05) is 0 Å². The zero-order valence-corrected chi connectivity index (χ0v) is 15.8. The Hall–Kier alpha value is -1.55. The molecule has 140 valence electrons. The van der Waals surface area contributed by atoms with Crippen LogP contribution in [0, 0.1) is 5.41 Å². The molecule has 0 radical (unpaired) electrons. The van der Waals surface area contributed by atoms with Crippen molar-refractivity contribution in [2.45, 2.75) is 18.9 Å². The van der Waals surface area contributed by atoms with Gasteiger partial charge >= 0.3 is 0 Å². The Morgan fingerprint density at radius 2 is 2.00 bits per heavy atom. The number of hydrogen-bond donors (Lipinski definition) is 1.